The summed E-state index contributed by atoms with van der Waals surface area (Å²) in [4.78, 5) is 21.3. The van der Waals surface area contributed by atoms with Crippen LogP contribution in [0.5, 0.6) is 0 Å². The SMILES string of the molecule is C1=CCCC=CCC1.CC(=O)c1cc[c-]cc1.CC(=O)c1cc[c-]cc1.[Pt+2]. The third-order valence-electron chi connectivity index (χ3n) is 3.58. The zero-order valence-corrected chi connectivity index (χ0v) is 18.2. The maximum absolute atomic E-state index is 10.6. The topological polar surface area (TPSA) is 34.1 Å². The van der Waals surface area contributed by atoms with Crippen LogP contribution in [0, 0.1) is 12.1 Å². The monoisotopic (exact) mass is 541 g/mol. The maximum Gasteiger partial charge on any atom is 2.00 e. The summed E-state index contributed by atoms with van der Waals surface area (Å²) >= 11 is 0. The predicted molar refractivity (Wildman–Crippen MR) is 107 cm³/mol. The van der Waals surface area contributed by atoms with Gasteiger partial charge in [-0.1, -0.05) is 35.4 Å². The summed E-state index contributed by atoms with van der Waals surface area (Å²) < 4.78 is 0. The van der Waals surface area contributed by atoms with Crippen molar-refractivity contribution in [3.63, 3.8) is 0 Å². The molecular formula is C24H26O2Pt. The Hall–Kier alpha value is -2.05. The summed E-state index contributed by atoms with van der Waals surface area (Å²) in [6.45, 7) is 3.10. The van der Waals surface area contributed by atoms with E-state index in [9.17, 15) is 9.59 Å². The molecular weight excluding hydrogens is 515 g/mol. The number of ketones is 2. The fourth-order valence-corrected chi connectivity index (χ4v) is 2.10. The molecule has 1 aliphatic carbocycles. The quantitative estimate of drug-likeness (QED) is 0.264. The van der Waals surface area contributed by atoms with Crippen molar-refractivity contribution in [2.75, 3.05) is 0 Å². The summed E-state index contributed by atoms with van der Waals surface area (Å²) in [5.41, 5.74) is 1.49. The number of hydrogen-bond donors (Lipinski definition) is 0. The average molecular weight is 542 g/mol. The number of allylic oxidation sites excluding steroid dienone is 4. The van der Waals surface area contributed by atoms with Crippen molar-refractivity contribution in [1.82, 2.24) is 0 Å². The van der Waals surface area contributed by atoms with Crippen molar-refractivity contribution >= 4 is 11.6 Å². The first kappa shape index (κ1) is 24.9. The van der Waals surface area contributed by atoms with E-state index < -0.39 is 0 Å². The normalized spacial score (nSPS) is 11.9. The number of benzene rings is 2. The van der Waals surface area contributed by atoms with Gasteiger partial charge in [0, 0.05) is 0 Å². The van der Waals surface area contributed by atoms with Crippen LogP contribution < -0.4 is 0 Å². The van der Waals surface area contributed by atoms with Crippen LogP contribution in [0.25, 0.3) is 0 Å². The van der Waals surface area contributed by atoms with Crippen LogP contribution in [0.15, 0.2) is 72.8 Å². The standard InChI is InChI=1S/2C8H7O.C8H12.Pt/c2*1-7(9)8-5-3-2-4-6-8;1-2-4-6-8-7-5-3-1;/h2*3-6H,1H3;1-2,7-8H,3-6H2;/q2*-1;;+2. The molecule has 0 fully saturated rings. The fourth-order valence-electron chi connectivity index (χ4n) is 2.10. The Balaban J connectivity index is 0.000000369. The van der Waals surface area contributed by atoms with E-state index in [4.69, 9.17) is 0 Å². The van der Waals surface area contributed by atoms with Crippen molar-refractivity contribution in [2.45, 2.75) is 39.5 Å². The molecule has 0 spiro atoms. The second-order valence-corrected chi connectivity index (χ2v) is 5.79. The van der Waals surface area contributed by atoms with E-state index in [2.05, 4.69) is 36.4 Å². The second kappa shape index (κ2) is 16.1. The van der Waals surface area contributed by atoms with Gasteiger partial charge < -0.3 is 0 Å². The molecule has 0 aromatic heterocycles. The van der Waals surface area contributed by atoms with Gasteiger partial charge in [-0.15, -0.1) is 0 Å². The summed E-state index contributed by atoms with van der Waals surface area (Å²) in [5.74, 6) is 0.202. The molecule has 0 aliphatic heterocycles. The second-order valence-electron chi connectivity index (χ2n) is 5.79. The number of carbonyl (C=O) groups is 2. The third kappa shape index (κ3) is 12.9. The van der Waals surface area contributed by atoms with Gasteiger partial charge in [0.25, 0.3) is 0 Å². The number of Topliss-reactive ketones (excluding diaryl/α,β-unsaturated/α-hetero) is 2. The third-order valence-corrected chi connectivity index (χ3v) is 3.58. The van der Waals surface area contributed by atoms with E-state index in [-0.39, 0.29) is 32.6 Å². The van der Waals surface area contributed by atoms with Gasteiger partial charge in [-0.25, -0.2) is 0 Å². The van der Waals surface area contributed by atoms with E-state index >= 15 is 0 Å². The van der Waals surface area contributed by atoms with Crippen LogP contribution in [0.3, 0.4) is 0 Å². The molecule has 0 saturated heterocycles. The molecule has 2 nitrogen and oxygen atoms in total. The van der Waals surface area contributed by atoms with Gasteiger partial charge in [-0.05, 0) is 39.5 Å². The van der Waals surface area contributed by atoms with Crippen LogP contribution in [0.4, 0.5) is 0 Å². The number of hydrogen-bond acceptors (Lipinski definition) is 2. The molecule has 3 rings (SSSR count). The zero-order valence-electron chi connectivity index (χ0n) is 15.9. The minimum absolute atomic E-state index is 0. The van der Waals surface area contributed by atoms with Crippen molar-refractivity contribution < 1.29 is 30.7 Å². The molecule has 3 heteroatoms. The summed E-state index contributed by atoms with van der Waals surface area (Å²) in [7, 11) is 0. The summed E-state index contributed by atoms with van der Waals surface area (Å²) in [6, 6.07) is 19.6. The van der Waals surface area contributed by atoms with E-state index in [0.717, 1.165) is 11.1 Å². The first-order chi connectivity index (χ1) is 12.6. The molecule has 1 aliphatic rings. The van der Waals surface area contributed by atoms with Gasteiger partial charge in [0.2, 0.25) is 0 Å². The van der Waals surface area contributed by atoms with Gasteiger partial charge >= 0.3 is 21.1 Å². The molecule has 0 amide bonds. The van der Waals surface area contributed by atoms with E-state index in [0.29, 0.717) is 0 Å². The minimum Gasteiger partial charge on any atom is -0.297 e. The molecule has 0 atom stereocenters. The van der Waals surface area contributed by atoms with Crippen molar-refractivity contribution in [3.8, 4) is 0 Å². The summed E-state index contributed by atoms with van der Waals surface area (Å²) in [5, 5.41) is 0. The molecule has 2 aromatic carbocycles. The van der Waals surface area contributed by atoms with Crippen LogP contribution in [-0.4, -0.2) is 11.6 Å². The Morgan fingerprint density at radius 2 is 0.889 bits per heavy atom. The van der Waals surface area contributed by atoms with E-state index in [1.54, 1.807) is 62.4 Å². The molecule has 0 bridgehead atoms. The number of carbonyl (C=O) groups excluding carboxylic acids is 2. The Morgan fingerprint density at radius 1 is 0.630 bits per heavy atom. The average Bonchev–Trinajstić information content (AvgIpc) is 2.64. The first-order valence-corrected chi connectivity index (χ1v) is 8.85. The molecule has 0 unspecified atom stereocenters. The van der Waals surface area contributed by atoms with Crippen LogP contribution in [0.1, 0.15) is 60.2 Å². The van der Waals surface area contributed by atoms with Gasteiger partial charge in [0.1, 0.15) is 11.6 Å². The first-order valence-electron chi connectivity index (χ1n) is 8.85. The van der Waals surface area contributed by atoms with E-state index in [1.807, 2.05) is 0 Å². The molecule has 27 heavy (non-hydrogen) atoms. The molecule has 0 heterocycles. The summed E-state index contributed by atoms with van der Waals surface area (Å²) in [6.07, 6.45) is 14.0. The molecule has 0 N–H and O–H groups in total. The van der Waals surface area contributed by atoms with Crippen LogP contribution in [0.2, 0.25) is 0 Å². The molecule has 0 radical (unpaired) electrons. The smallest absolute Gasteiger partial charge is 0.297 e. The number of rotatable bonds is 2. The minimum atomic E-state index is 0. The van der Waals surface area contributed by atoms with Gasteiger partial charge in [0.05, 0.1) is 0 Å². The van der Waals surface area contributed by atoms with Crippen molar-refractivity contribution in [3.05, 3.63) is 96.1 Å². The zero-order chi connectivity index (χ0) is 19.0. The Labute approximate surface area is 177 Å². The van der Waals surface area contributed by atoms with Crippen molar-refractivity contribution in [1.29, 1.82) is 0 Å². The Kier molecular flexibility index (Phi) is 14.9. The molecule has 2 aromatic rings. The van der Waals surface area contributed by atoms with Crippen LogP contribution >= 0.6 is 0 Å². The fraction of sp³-hybridized carbons (Fsp3) is 0.250. The predicted octanol–water partition coefficient (Wildman–Crippen LogP) is 6.05. The van der Waals surface area contributed by atoms with Crippen LogP contribution in [-0.2, 0) is 21.1 Å². The maximum atomic E-state index is 10.6. The largest absolute Gasteiger partial charge is 2.00 e. The van der Waals surface area contributed by atoms with Gasteiger partial charge in [-0.3, -0.25) is 9.59 Å². The molecule has 0 saturated carbocycles. The Bertz CT molecular complexity index is 628. The van der Waals surface area contributed by atoms with Crippen molar-refractivity contribution in [2.24, 2.45) is 0 Å². The Morgan fingerprint density at radius 3 is 1.07 bits per heavy atom. The van der Waals surface area contributed by atoms with Gasteiger partial charge in [-0.2, -0.15) is 60.7 Å². The van der Waals surface area contributed by atoms with Gasteiger partial charge in [0.15, 0.2) is 0 Å². The molecule has 144 valence electrons. The van der Waals surface area contributed by atoms with E-state index in [1.165, 1.54) is 25.7 Å².